The Kier molecular flexibility index (Phi) is 5.83. The van der Waals surface area contributed by atoms with Crippen molar-refractivity contribution in [3.63, 3.8) is 0 Å². The van der Waals surface area contributed by atoms with Gasteiger partial charge in [0.05, 0.1) is 13.7 Å². The van der Waals surface area contributed by atoms with Crippen LogP contribution in [0.3, 0.4) is 0 Å². The van der Waals surface area contributed by atoms with Crippen LogP contribution in [0.25, 0.3) is 0 Å². The molecule has 0 saturated carbocycles. The summed E-state index contributed by atoms with van der Waals surface area (Å²) in [6, 6.07) is 11.8. The molecule has 0 aromatic heterocycles. The lowest BCUT2D eigenvalue weighted by molar-refractivity contribution is 0.254. The van der Waals surface area contributed by atoms with Gasteiger partial charge in [-0.3, -0.25) is 0 Å². The number of fused-ring (bicyclic) bond motifs is 1. The molecule has 0 aliphatic carbocycles. The van der Waals surface area contributed by atoms with Crippen molar-refractivity contribution in [1.82, 2.24) is 5.32 Å². The third kappa shape index (κ3) is 4.38. The first-order valence-electron chi connectivity index (χ1n) is 8.73. The highest BCUT2D eigenvalue weighted by atomic mass is 32.1. The molecule has 0 saturated heterocycles. The lowest BCUT2D eigenvalue weighted by Crippen LogP contribution is -2.28. The Morgan fingerprint density at radius 1 is 1.31 bits per heavy atom. The quantitative estimate of drug-likeness (QED) is 0.750. The zero-order valence-corrected chi connectivity index (χ0v) is 16.1. The lowest BCUT2D eigenvalue weighted by atomic mass is 10.1. The molecule has 26 heavy (non-hydrogen) atoms. The Balaban J connectivity index is 1.66. The van der Waals surface area contributed by atoms with Crippen LogP contribution in [0.5, 0.6) is 17.2 Å². The highest BCUT2D eigenvalue weighted by Gasteiger charge is 2.21. The summed E-state index contributed by atoms with van der Waals surface area (Å²) in [5, 5.41) is 6.93. The van der Waals surface area contributed by atoms with E-state index >= 15 is 0 Å². The van der Waals surface area contributed by atoms with Crippen molar-refractivity contribution in [3.05, 3.63) is 47.5 Å². The molecule has 0 fully saturated rings. The van der Waals surface area contributed by atoms with Crippen molar-refractivity contribution in [2.24, 2.45) is 0 Å². The Hall–Kier alpha value is -2.47. The molecule has 1 aliphatic heterocycles. The van der Waals surface area contributed by atoms with Gasteiger partial charge in [0, 0.05) is 35.8 Å². The van der Waals surface area contributed by atoms with Gasteiger partial charge in [-0.05, 0) is 50.3 Å². The zero-order valence-electron chi connectivity index (χ0n) is 15.3. The van der Waals surface area contributed by atoms with Gasteiger partial charge in [-0.25, -0.2) is 0 Å². The van der Waals surface area contributed by atoms with Crippen LogP contribution in [-0.2, 0) is 13.0 Å². The van der Waals surface area contributed by atoms with Crippen LogP contribution in [0.1, 0.15) is 25.0 Å². The second-order valence-electron chi connectivity index (χ2n) is 6.17. The predicted molar refractivity (Wildman–Crippen MR) is 107 cm³/mol. The molecule has 2 aromatic rings. The fraction of sp³-hybridized carbons (Fsp3) is 0.350. The van der Waals surface area contributed by atoms with Crippen molar-refractivity contribution >= 4 is 23.0 Å². The number of ether oxygens (including phenoxy) is 3. The van der Waals surface area contributed by atoms with Gasteiger partial charge in [-0.2, -0.15) is 0 Å². The summed E-state index contributed by atoms with van der Waals surface area (Å²) >= 11 is 5.41. The summed E-state index contributed by atoms with van der Waals surface area (Å²) in [6.45, 7) is 5.23. The van der Waals surface area contributed by atoms with E-state index in [1.807, 2.05) is 37.3 Å². The number of rotatable bonds is 6. The average Bonchev–Trinajstić information content (AvgIpc) is 2.99. The van der Waals surface area contributed by atoms with Crippen LogP contribution in [0.15, 0.2) is 36.4 Å². The lowest BCUT2D eigenvalue weighted by Gasteiger charge is -2.15. The molecule has 1 atom stereocenters. The van der Waals surface area contributed by atoms with Crippen molar-refractivity contribution in [2.45, 2.75) is 32.9 Å². The molecular formula is C20H24N2O3S. The van der Waals surface area contributed by atoms with Crippen LogP contribution >= 0.6 is 12.2 Å². The first kappa shape index (κ1) is 18.3. The second-order valence-corrected chi connectivity index (χ2v) is 6.58. The van der Waals surface area contributed by atoms with Crippen LogP contribution in [0.4, 0.5) is 5.69 Å². The smallest absolute Gasteiger partial charge is 0.171 e. The SMILES string of the molecule is CCOc1cc2c(cc1CNC(=S)Nc1cccc(OC)c1)O[C@H](C)C2. The Morgan fingerprint density at radius 3 is 2.92 bits per heavy atom. The molecule has 138 valence electrons. The molecular weight excluding hydrogens is 348 g/mol. The van der Waals surface area contributed by atoms with Gasteiger partial charge < -0.3 is 24.8 Å². The van der Waals surface area contributed by atoms with E-state index in [-0.39, 0.29) is 6.10 Å². The summed E-state index contributed by atoms with van der Waals surface area (Å²) in [6.07, 6.45) is 1.12. The molecule has 6 heteroatoms. The zero-order chi connectivity index (χ0) is 18.5. The molecule has 0 radical (unpaired) electrons. The van der Waals surface area contributed by atoms with Gasteiger partial charge in [-0.1, -0.05) is 6.07 Å². The summed E-state index contributed by atoms with van der Waals surface area (Å²) in [5.74, 6) is 2.59. The number of methoxy groups -OCH3 is 1. The minimum Gasteiger partial charge on any atom is -0.497 e. The van der Waals surface area contributed by atoms with Gasteiger partial charge in [0.25, 0.3) is 0 Å². The molecule has 0 amide bonds. The van der Waals surface area contributed by atoms with Crippen LogP contribution < -0.4 is 24.8 Å². The van der Waals surface area contributed by atoms with E-state index in [4.69, 9.17) is 26.4 Å². The van der Waals surface area contributed by atoms with Gasteiger partial charge in [0.1, 0.15) is 23.4 Å². The van der Waals surface area contributed by atoms with Crippen molar-refractivity contribution in [1.29, 1.82) is 0 Å². The summed E-state index contributed by atoms with van der Waals surface area (Å²) < 4.78 is 16.9. The summed E-state index contributed by atoms with van der Waals surface area (Å²) in [7, 11) is 1.64. The minimum atomic E-state index is 0.207. The van der Waals surface area contributed by atoms with Crippen LogP contribution in [0, 0.1) is 0 Å². The van der Waals surface area contributed by atoms with Crippen LogP contribution in [0.2, 0.25) is 0 Å². The van der Waals surface area contributed by atoms with Crippen molar-refractivity contribution in [2.75, 3.05) is 19.0 Å². The van der Waals surface area contributed by atoms with Crippen molar-refractivity contribution < 1.29 is 14.2 Å². The van der Waals surface area contributed by atoms with E-state index in [9.17, 15) is 0 Å². The Bertz CT molecular complexity index is 795. The number of hydrogen-bond acceptors (Lipinski definition) is 4. The molecule has 0 bridgehead atoms. The summed E-state index contributed by atoms with van der Waals surface area (Å²) in [4.78, 5) is 0. The topological polar surface area (TPSA) is 51.8 Å². The monoisotopic (exact) mass is 372 g/mol. The van der Waals surface area contributed by atoms with E-state index in [1.165, 1.54) is 5.56 Å². The molecule has 0 spiro atoms. The number of thiocarbonyl (C=S) groups is 1. The van der Waals surface area contributed by atoms with Gasteiger partial charge in [0.15, 0.2) is 5.11 Å². The van der Waals surface area contributed by atoms with E-state index in [1.54, 1.807) is 7.11 Å². The first-order valence-corrected chi connectivity index (χ1v) is 9.14. The number of benzene rings is 2. The maximum absolute atomic E-state index is 5.86. The van der Waals surface area contributed by atoms with Crippen LogP contribution in [-0.4, -0.2) is 24.9 Å². The molecule has 5 nitrogen and oxygen atoms in total. The molecule has 0 unspecified atom stereocenters. The van der Waals surface area contributed by atoms with Gasteiger partial charge >= 0.3 is 0 Å². The Morgan fingerprint density at radius 2 is 2.15 bits per heavy atom. The van der Waals surface area contributed by atoms with E-state index in [0.29, 0.717) is 18.3 Å². The number of nitrogens with one attached hydrogen (secondary N) is 2. The number of anilines is 1. The Labute approximate surface area is 159 Å². The van der Waals surface area contributed by atoms with Gasteiger partial charge in [-0.15, -0.1) is 0 Å². The fourth-order valence-corrected chi connectivity index (χ4v) is 3.15. The molecule has 3 rings (SSSR count). The largest absolute Gasteiger partial charge is 0.497 e. The fourth-order valence-electron chi connectivity index (χ4n) is 2.96. The van der Waals surface area contributed by atoms with E-state index in [2.05, 4.69) is 23.6 Å². The van der Waals surface area contributed by atoms with E-state index < -0.39 is 0 Å². The molecule has 1 aliphatic rings. The molecule has 1 heterocycles. The van der Waals surface area contributed by atoms with E-state index in [0.717, 1.165) is 34.9 Å². The first-order chi connectivity index (χ1) is 12.6. The highest BCUT2D eigenvalue weighted by Crippen LogP contribution is 2.35. The summed E-state index contributed by atoms with van der Waals surface area (Å²) in [5.41, 5.74) is 3.09. The third-order valence-electron chi connectivity index (χ3n) is 4.15. The minimum absolute atomic E-state index is 0.207. The normalized spacial score (nSPS) is 15.0. The highest BCUT2D eigenvalue weighted by molar-refractivity contribution is 7.80. The van der Waals surface area contributed by atoms with Crippen molar-refractivity contribution in [3.8, 4) is 17.2 Å². The third-order valence-corrected chi connectivity index (χ3v) is 4.39. The maximum atomic E-state index is 5.86. The van der Waals surface area contributed by atoms with Gasteiger partial charge in [0.2, 0.25) is 0 Å². The molecule has 2 aromatic carbocycles. The molecule has 2 N–H and O–H groups in total. The predicted octanol–water partition coefficient (Wildman–Crippen LogP) is 3.90. The standard InChI is InChI=1S/C20H24N2O3S/c1-4-24-18-9-14-8-13(2)25-19(14)10-15(18)12-21-20(26)22-16-6-5-7-17(11-16)23-3/h5-7,9-11,13H,4,8,12H2,1-3H3,(H2,21,22,26)/t13-/m1/s1. The maximum Gasteiger partial charge on any atom is 0.171 e. The average molecular weight is 372 g/mol. The number of hydrogen-bond donors (Lipinski definition) is 2. The second kappa shape index (κ2) is 8.27.